The number of amides is 2. The monoisotopic (exact) mass is 359 g/mol. The molecule has 1 unspecified atom stereocenters. The summed E-state index contributed by atoms with van der Waals surface area (Å²) < 4.78 is 13.9. The summed E-state index contributed by atoms with van der Waals surface area (Å²) in [6.45, 7) is 2.82. The van der Waals surface area contributed by atoms with Crippen molar-refractivity contribution >= 4 is 11.8 Å². The molecule has 1 aliphatic carbocycles. The van der Waals surface area contributed by atoms with Crippen molar-refractivity contribution < 1.29 is 14.0 Å². The normalized spacial score (nSPS) is 26.8. The lowest BCUT2D eigenvalue weighted by Gasteiger charge is -2.46. The highest BCUT2D eigenvalue weighted by molar-refractivity contribution is 5.88. The third-order valence-electron chi connectivity index (χ3n) is 6.12. The average molecular weight is 359 g/mol. The Morgan fingerprint density at radius 3 is 2.81 bits per heavy atom. The van der Waals surface area contributed by atoms with E-state index >= 15 is 0 Å². The highest BCUT2D eigenvalue weighted by atomic mass is 19.1. The summed E-state index contributed by atoms with van der Waals surface area (Å²) in [6.07, 6.45) is 6.00. The van der Waals surface area contributed by atoms with Gasteiger partial charge in [-0.15, -0.1) is 0 Å². The molecule has 1 saturated carbocycles. The molecule has 2 heterocycles. The van der Waals surface area contributed by atoms with Gasteiger partial charge in [-0.05, 0) is 49.8 Å². The van der Waals surface area contributed by atoms with Gasteiger partial charge in [0.2, 0.25) is 11.8 Å². The molecule has 2 aliphatic heterocycles. The third-order valence-corrected chi connectivity index (χ3v) is 6.12. The molecule has 26 heavy (non-hydrogen) atoms. The Kier molecular flexibility index (Phi) is 4.69. The van der Waals surface area contributed by atoms with Crippen LogP contribution in [0.15, 0.2) is 24.3 Å². The van der Waals surface area contributed by atoms with Crippen molar-refractivity contribution in [2.24, 2.45) is 5.92 Å². The van der Waals surface area contributed by atoms with Crippen LogP contribution in [0.5, 0.6) is 0 Å². The van der Waals surface area contributed by atoms with Gasteiger partial charge in [0.25, 0.3) is 0 Å². The second-order valence-electron chi connectivity index (χ2n) is 8.07. The molecule has 4 rings (SSSR count). The number of piperidine rings is 1. The molecule has 0 bridgehead atoms. The van der Waals surface area contributed by atoms with E-state index in [9.17, 15) is 14.0 Å². The molecule has 3 fully saturated rings. The first kappa shape index (κ1) is 17.5. The number of carbonyl (C=O) groups is 2. The Morgan fingerprint density at radius 2 is 2.08 bits per heavy atom. The van der Waals surface area contributed by atoms with E-state index in [0.717, 1.165) is 38.4 Å². The number of nitrogens with one attached hydrogen (secondary N) is 1. The van der Waals surface area contributed by atoms with Gasteiger partial charge < -0.3 is 4.90 Å². The van der Waals surface area contributed by atoms with Crippen LogP contribution in [-0.4, -0.2) is 46.9 Å². The lowest BCUT2D eigenvalue weighted by atomic mass is 9.82. The highest BCUT2D eigenvalue weighted by Gasteiger charge is 2.50. The molecule has 3 aliphatic rings. The van der Waals surface area contributed by atoms with Gasteiger partial charge in [0.1, 0.15) is 5.82 Å². The first-order valence-corrected chi connectivity index (χ1v) is 9.64. The molecule has 0 radical (unpaired) electrons. The highest BCUT2D eigenvalue weighted by Crippen LogP contribution is 2.36. The van der Waals surface area contributed by atoms with Crippen molar-refractivity contribution in [2.75, 3.05) is 19.6 Å². The Bertz CT molecular complexity index is 706. The summed E-state index contributed by atoms with van der Waals surface area (Å²) in [4.78, 5) is 27.5. The number of nitrogens with zero attached hydrogens (tertiary/aromatic N) is 2. The van der Waals surface area contributed by atoms with Crippen LogP contribution in [0.4, 0.5) is 4.39 Å². The number of carbonyl (C=O) groups excluding carboxylic acids is 2. The van der Waals surface area contributed by atoms with E-state index in [2.05, 4.69) is 10.3 Å². The van der Waals surface area contributed by atoms with E-state index < -0.39 is 5.54 Å². The van der Waals surface area contributed by atoms with Gasteiger partial charge in [0.05, 0.1) is 18.4 Å². The summed E-state index contributed by atoms with van der Waals surface area (Å²) in [7, 11) is 0. The van der Waals surface area contributed by atoms with Crippen LogP contribution in [0.25, 0.3) is 0 Å². The number of halogens is 1. The molecule has 0 aromatic heterocycles. The van der Waals surface area contributed by atoms with Crippen molar-refractivity contribution in [1.29, 1.82) is 0 Å². The molecule has 1 N–H and O–H groups in total. The van der Waals surface area contributed by atoms with Crippen molar-refractivity contribution in [1.82, 2.24) is 15.3 Å². The van der Waals surface area contributed by atoms with E-state index in [4.69, 9.17) is 0 Å². The van der Waals surface area contributed by atoms with Crippen molar-refractivity contribution in [3.8, 4) is 0 Å². The van der Waals surface area contributed by atoms with Gasteiger partial charge in [-0.25, -0.2) is 9.40 Å². The summed E-state index contributed by atoms with van der Waals surface area (Å²) in [6, 6.07) is 6.33. The van der Waals surface area contributed by atoms with Gasteiger partial charge >= 0.3 is 0 Å². The first-order chi connectivity index (χ1) is 12.6. The Balaban J connectivity index is 1.49. The molecule has 140 valence electrons. The standard InChI is InChI=1S/C20H26FN3O2/c21-17-8-2-1-7-16(17)11-19(26)24-20(12-18(25)22-24)9-4-10-23(14-20)13-15-5-3-6-15/h1-2,7-8,15H,3-6,9-14H2,(H,22,25). The lowest BCUT2D eigenvalue weighted by Crippen LogP contribution is -2.60. The van der Waals surface area contributed by atoms with Gasteiger partial charge in [-0.2, -0.15) is 0 Å². The maximum Gasteiger partial charge on any atom is 0.246 e. The topological polar surface area (TPSA) is 52.7 Å². The largest absolute Gasteiger partial charge is 0.301 e. The van der Waals surface area contributed by atoms with Crippen LogP contribution in [0.1, 0.15) is 44.1 Å². The Morgan fingerprint density at radius 1 is 1.27 bits per heavy atom. The maximum absolute atomic E-state index is 13.9. The zero-order valence-electron chi connectivity index (χ0n) is 15.0. The number of benzene rings is 1. The smallest absolute Gasteiger partial charge is 0.246 e. The van der Waals surface area contributed by atoms with Crippen molar-refractivity contribution in [2.45, 2.75) is 50.5 Å². The summed E-state index contributed by atoms with van der Waals surface area (Å²) in [5, 5.41) is 1.52. The van der Waals surface area contributed by atoms with Crippen LogP contribution in [0.2, 0.25) is 0 Å². The average Bonchev–Trinajstić information content (AvgIpc) is 2.89. The van der Waals surface area contributed by atoms with Crippen LogP contribution >= 0.6 is 0 Å². The van der Waals surface area contributed by atoms with Crippen LogP contribution in [-0.2, 0) is 16.0 Å². The second-order valence-corrected chi connectivity index (χ2v) is 8.07. The molecular formula is C20H26FN3O2. The second kappa shape index (κ2) is 6.99. The fourth-order valence-electron chi connectivity index (χ4n) is 4.60. The number of hydrogen-bond donors (Lipinski definition) is 1. The SMILES string of the molecule is O=C1CC2(CCCN(CC3CCC3)C2)N(C(=O)Cc2ccccc2F)N1. The zero-order valence-corrected chi connectivity index (χ0v) is 15.0. The number of rotatable bonds is 4. The van der Waals surface area contributed by atoms with Crippen LogP contribution in [0.3, 0.4) is 0 Å². The minimum atomic E-state index is -0.485. The molecular weight excluding hydrogens is 333 g/mol. The van der Waals surface area contributed by atoms with E-state index in [1.165, 1.54) is 30.3 Å². The molecule has 2 saturated heterocycles. The van der Waals surface area contributed by atoms with E-state index in [1.54, 1.807) is 18.2 Å². The zero-order chi connectivity index (χ0) is 18.1. The molecule has 1 atom stereocenters. The Labute approximate surface area is 153 Å². The predicted molar refractivity (Wildman–Crippen MR) is 95.5 cm³/mol. The minimum absolute atomic E-state index is 0.0304. The fourth-order valence-corrected chi connectivity index (χ4v) is 4.60. The Hall–Kier alpha value is -1.95. The maximum atomic E-state index is 13.9. The number of likely N-dealkylation sites (tertiary alicyclic amines) is 1. The molecule has 5 nitrogen and oxygen atoms in total. The van der Waals surface area contributed by atoms with Gasteiger partial charge in [-0.1, -0.05) is 24.6 Å². The van der Waals surface area contributed by atoms with Gasteiger partial charge in [0, 0.05) is 13.1 Å². The fraction of sp³-hybridized carbons (Fsp3) is 0.600. The van der Waals surface area contributed by atoms with Gasteiger partial charge in [-0.3, -0.25) is 15.0 Å². The molecule has 2 amide bonds. The summed E-state index contributed by atoms with van der Waals surface area (Å²) in [5.74, 6) is 0.0391. The quantitative estimate of drug-likeness (QED) is 0.897. The molecule has 1 aromatic rings. The lowest BCUT2D eigenvalue weighted by molar-refractivity contribution is -0.142. The number of hydrazine groups is 1. The molecule has 6 heteroatoms. The van der Waals surface area contributed by atoms with Crippen molar-refractivity contribution in [3.63, 3.8) is 0 Å². The molecule has 1 aromatic carbocycles. The number of hydrogen-bond acceptors (Lipinski definition) is 3. The van der Waals surface area contributed by atoms with E-state index in [0.29, 0.717) is 12.0 Å². The van der Waals surface area contributed by atoms with E-state index in [-0.39, 0.29) is 24.1 Å². The molecule has 1 spiro atoms. The van der Waals surface area contributed by atoms with E-state index in [1.807, 2.05) is 0 Å². The van der Waals surface area contributed by atoms with Crippen molar-refractivity contribution in [3.05, 3.63) is 35.6 Å². The summed E-state index contributed by atoms with van der Waals surface area (Å²) >= 11 is 0. The summed E-state index contributed by atoms with van der Waals surface area (Å²) in [5.41, 5.74) is 2.64. The van der Waals surface area contributed by atoms with Crippen LogP contribution < -0.4 is 5.43 Å². The third kappa shape index (κ3) is 3.34. The minimum Gasteiger partial charge on any atom is -0.301 e. The predicted octanol–water partition coefficient (Wildman–Crippen LogP) is 2.27. The first-order valence-electron chi connectivity index (χ1n) is 9.64. The van der Waals surface area contributed by atoms with Crippen LogP contribution in [0, 0.1) is 11.7 Å². The van der Waals surface area contributed by atoms with Gasteiger partial charge in [0.15, 0.2) is 0 Å².